The zero-order valence-electron chi connectivity index (χ0n) is 14.0. The lowest BCUT2D eigenvalue weighted by atomic mass is 9.93. The van der Waals surface area contributed by atoms with Crippen molar-refractivity contribution in [2.45, 2.75) is 19.4 Å². The summed E-state index contributed by atoms with van der Waals surface area (Å²) in [5.41, 5.74) is 0.819. The Kier molecular flexibility index (Phi) is 4.40. The van der Waals surface area contributed by atoms with E-state index in [1.807, 2.05) is 24.0 Å². The minimum atomic E-state index is -0.595. The van der Waals surface area contributed by atoms with Crippen LogP contribution in [0, 0.1) is 11.3 Å². The van der Waals surface area contributed by atoms with Crippen molar-refractivity contribution in [1.82, 2.24) is 9.13 Å². The minimum absolute atomic E-state index is 0.0481. The Morgan fingerprint density at radius 2 is 1.88 bits per heavy atom. The molecule has 8 heteroatoms. The Morgan fingerprint density at radius 1 is 1.20 bits per heavy atom. The highest BCUT2D eigenvalue weighted by molar-refractivity contribution is 6.35. The summed E-state index contributed by atoms with van der Waals surface area (Å²) in [6, 6.07) is 5.31. The lowest BCUT2D eigenvalue weighted by molar-refractivity contribution is 0.581. The quantitative estimate of drug-likeness (QED) is 0.763. The molecule has 0 radical (unpaired) electrons. The van der Waals surface area contributed by atoms with E-state index in [9.17, 15) is 14.9 Å². The predicted molar refractivity (Wildman–Crippen MR) is 97.6 cm³/mol. The predicted octanol–water partition coefficient (Wildman–Crippen LogP) is 2.39. The number of hydrogen-bond acceptors (Lipinski definition) is 4. The molecule has 0 aliphatic carbocycles. The Balaban J connectivity index is 2.25. The second kappa shape index (κ2) is 6.25. The first-order valence-corrected chi connectivity index (χ1v) is 8.48. The van der Waals surface area contributed by atoms with Gasteiger partial charge in [-0.05, 0) is 36.6 Å². The molecule has 0 amide bonds. The fourth-order valence-corrected chi connectivity index (χ4v) is 4.01. The molecule has 130 valence electrons. The number of halogens is 2. The van der Waals surface area contributed by atoms with Gasteiger partial charge in [-0.1, -0.05) is 23.2 Å². The summed E-state index contributed by atoms with van der Waals surface area (Å²) in [5.74, 6) is 0.324. The van der Waals surface area contributed by atoms with Gasteiger partial charge < -0.3 is 4.90 Å². The van der Waals surface area contributed by atoms with Gasteiger partial charge in [0.05, 0.1) is 6.04 Å². The van der Waals surface area contributed by atoms with Crippen molar-refractivity contribution in [2.24, 2.45) is 14.1 Å². The first-order valence-electron chi connectivity index (χ1n) is 7.72. The third kappa shape index (κ3) is 2.64. The van der Waals surface area contributed by atoms with E-state index in [1.165, 1.54) is 11.6 Å². The molecule has 0 saturated heterocycles. The maximum Gasteiger partial charge on any atom is 0.332 e. The number of hydrogen-bond donors (Lipinski definition) is 0. The van der Waals surface area contributed by atoms with Crippen LogP contribution in [0.1, 0.15) is 29.7 Å². The summed E-state index contributed by atoms with van der Waals surface area (Å²) >= 11 is 12.4. The summed E-state index contributed by atoms with van der Waals surface area (Å²) in [5, 5.41) is 10.6. The normalized spacial score (nSPS) is 16.5. The molecule has 3 rings (SSSR count). The van der Waals surface area contributed by atoms with Gasteiger partial charge in [0.15, 0.2) is 5.56 Å². The summed E-state index contributed by atoms with van der Waals surface area (Å²) in [6.45, 7) is 2.47. The molecule has 2 aromatic rings. The summed E-state index contributed by atoms with van der Waals surface area (Å²) in [7, 11) is 2.93. The first-order chi connectivity index (χ1) is 11.8. The van der Waals surface area contributed by atoms with Gasteiger partial charge in [-0.2, -0.15) is 5.26 Å². The second-order valence-electron chi connectivity index (χ2n) is 6.09. The molecule has 1 aliphatic heterocycles. The molecule has 1 atom stereocenters. The minimum Gasteiger partial charge on any atom is -0.350 e. The fraction of sp³-hybridized carbons (Fsp3) is 0.353. The molecule has 0 spiro atoms. The van der Waals surface area contributed by atoms with Crippen LogP contribution < -0.4 is 16.1 Å². The molecule has 0 fully saturated rings. The number of anilines is 1. The van der Waals surface area contributed by atoms with Crippen LogP contribution in [0.2, 0.25) is 10.0 Å². The first kappa shape index (κ1) is 17.6. The largest absolute Gasteiger partial charge is 0.350 e. The van der Waals surface area contributed by atoms with E-state index in [1.54, 1.807) is 13.1 Å². The fourth-order valence-electron chi connectivity index (χ4n) is 3.41. The van der Waals surface area contributed by atoms with Crippen LogP contribution in [-0.2, 0) is 20.5 Å². The van der Waals surface area contributed by atoms with Gasteiger partial charge in [-0.25, -0.2) is 4.79 Å². The molecule has 1 aromatic heterocycles. The monoisotopic (exact) mass is 378 g/mol. The van der Waals surface area contributed by atoms with Crippen LogP contribution in [0.15, 0.2) is 21.7 Å². The van der Waals surface area contributed by atoms with Crippen molar-refractivity contribution >= 4 is 29.0 Å². The molecule has 6 nitrogen and oxygen atoms in total. The van der Waals surface area contributed by atoms with Crippen molar-refractivity contribution in [3.8, 4) is 6.07 Å². The third-order valence-corrected chi connectivity index (χ3v) is 5.29. The topological polar surface area (TPSA) is 71.0 Å². The number of nitrogens with zero attached hydrogens (tertiary/aromatic N) is 4. The highest BCUT2D eigenvalue weighted by Crippen LogP contribution is 2.38. The van der Waals surface area contributed by atoms with Crippen LogP contribution in [0.5, 0.6) is 0 Å². The molecule has 25 heavy (non-hydrogen) atoms. The summed E-state index contributed by atoms with van der Waals surface area (Å²) in [6.07, 6.45) is 0.629. The van der Waals surface area contributed by atoms with E-state index in [4.69, 9.17) is 23.2 Å². The highest BCUT2D eigenvalue weighted by atomic mass is 35.5. The van der Waals surface area contributed by atoms with Crippen molar-refractivity contribution in [1.29, 1.82) is 5.26 Å². The van der Waals surface area contributed by atoms with E-state index in [2.05, 4.69) is 0 Å². The Morgan fingerprint density at radius 3 is 2.52 bits per heavy atom. The Labute approximate surface area is 154 Å². The zero-order valence-corrected chi connectivity index (χ0v) is 15.5. The number of aromatic nitrogens is 2. The van der Waals surface area contributed by atoms with Crippen LogP contribution in [0.4, 0.5) is 5.82 Å². The van der Waals surface area contributed by atoms with E-state index in [-0.39, 0.29) is 11.6 Å². The Hall–Kier alpha value is -2.23. The average molecular weight is 379 g/mol. The lowest BCUT2D eigenvalue weighted by Crippen LogP contribution is -2.45. The SMILES string of the molecule is C[C@@H]1c2cc(Cl)cc(Cl)c2CCN1c1c(C#N)c(=O)n(C)c(=O)n1C. The molecule has 1 aromatic carbocycles. The molecule has 2 heterocycles. The molecule has 1 aliphatic rings. The number of fused-ring (bicyclic) bond motifs is 1. The molecular weight excluding hydrogens is 363 g/mol. The molecule has 0 saturated carbocycles. The zero-order chi connectivity index (χ0) is 18.5. The van der Waals surface area contributed by atoms with Crippen LogP contribution in [-0.4, -0.2) is 15.7 Å². The third-order valence-electron chi connectivity index (χ3n) is 4.73. The van der Waals surface area contributed by atoms with Crippen molar-refractivity contribution in [2.75, 3.05) is 11.4 Å². The smallest absolute Gasteiger partial charge is 0.332 e. The number of benzene rings is 1. The van der Waals surface area contributed by atoms with Gasteiger partial charge in [0, 0.05) is 30.7 Å². The summed E-state index contributed by atoms with van der Waals surface area (Å²) < 4.78 is 2.28. The van der Waals surface area contributed by atoms with Gasteiger partial charge in [0.1, 0.15) is 11.9 Å². The molecule has 0 N–H and O–H groups in total. The second-order valence-corrected chi connectivity index (χ2v) is 6.93. The van der Waals surface area contributed by atoms with E-state index in [0.29, 0.717) is 28.8 Å². The maximum absolute atomic E-state index is 12.4. The number of rotatable bonds is 1. The molecule has 0 unspecified atom stereocenters. The van der Waals surface area contributed by atoms with Gasteiger partial charge in [0.2, 0.25) is 0 Å². The number of nitriles is 1. The van der Waals surface area contributed by atoms with E-state index in [0.717, 1.165) is 15.7 Å². The van der Waals surface area contributed by atoms with Gasteiger partial charge in [-0.3, -0.25) is 13.9 Å². The van der Waals surface area contributed by atoms with Crippen LogP contribution >= 0.6 is 23.2 Å². The van der Waals surface area contributed by atoms with Crippen LogP contribution in [0.3, 0.4) is 0 Å². The van der Waals surface area contributed by atoms with Gasteiger partial charge >= 0.3 is 5.69 Å². The van der Waals surface area contributed by atoms with Gasteiger partial charge in [-0.15, -0.1) is 0 Å². The van der Waals surface area contributed by atoms with E-state index < -0.39 is 11.2 Å². The highest BCUT2D eigenvalue weighted by Gasteiger charge is 2.30. The lowest BCUT2D eigenvalue weighted by Gasteiger charge is -2.38. The van der Waals surface area contributed by atoms with Crippen LogP contribution in [0.25, 0.3) is 0 Å². The van der Waals surface area contributed by atoms with E-state index >= 15 is 0 Å². The average Bonchev–Trinajstić information content (AvgIpc) is 2.57. The standard InChI is InChI=1S/C17H16Cl2N4O2/c1-9-12-6-10(18)7-14(19)11(12)4-5-23(9)15-13(8-20)16(24)22(3)17(25)21(15)2/h6-7,9H,4-5H2,1-3H3/t9-/m1/s1. The van der Waals surface area contributed by atoms with Crippen molar-refractivity contribution in [3.63, 3.8) is 0 Å². The van der Waals surface area contributed by atoms with Gasteiger partial charge in [0.25, 0.3) is 5.56 Å². The van der Waals surface area contributed by atoms with Crippen molar-refractivity contribution < 1.29 is 0 Å². The molecular formula is C17H16Cl2N4O2. The maximum atomic E-state index is 12.4. The van der Waals surface area contributed by atoms with Crippen molar-refractivity contribution in [3.05, 3.63) is 59.7 Å². The Bertz CT molecular complexity index is 1030. The summed E-state index contributed by atoms with van der Waals surface area (Å²) in [4.78, 5) is 26.6. The molecule has 0 bridgehead atoms.